The molecule has 8 heteroatoms. The van der Waals surface area contributed by atoms with Gasteiger partial charge in [0, 0.05) is 18.7 Å². The summed E-state index contributed by atoms with van der Waals surface area (Å²) in [6.45, 7) is 5.13. The zero-order valence-corrected chi connectivity index (χ0v) is 16.3. The third-order valence-electron chi connectivity index (χ3n) is 4.05. The van der Waals surface area contributed by atoms with E-state index in [4.69, 9.17) is 4.74 Å². The largest absolute Gasteiger partial charge is 0.618 e. The standard InChI is InChI=1S/C18H17BrF2N2O3/c1-18(2,3)26-17(24)22(4)13-7-12(20)16(21)15-10-5-9(19)8-23(25)14(10)6-11(13)15/h5,7-8H,6H2,1-4H3. The van der Waals surface area contributed by atoms with Gasteiger partial charge in [-0.2, -0.15) is 4.73 Å². The average molecular weight is 427 g/mol. The molecular formula is C18H17BrF2N2O3. The van der Waals surface area contributed by atoms with Crippen molar-refractivity contribution in [2.45, 2.75) is 32.8 Å². The Bertz CT molecular complexity index is 926. The minimum absolute atomic E-state index is 0.00342. The molecule has 1 aliphatic carbocycles. The third-order valence-corrected chi connectivity index (χ3v) is 4.48. The van der Waals surface area contributed by atoms with Crippen LogP contribution >= 0.6 is 15.9 Å². The second-order valence-corrected chi connectivity index (χ2v) is 8.02. The first-order valence-electron chi connectivity index (χ1n) is 7.89. The van der Waals surface area contributed by atoms with Gasteiger partial charge in [0.2, 0.25) is 5.69 Å². The number of hydrogen-bond acceptors (Lipinski definition) is 3. The number of amides is 1. The van der Waals surface area contributed by atoms with Crippen molar-refractivity contribution in [1.29, 1.82) is 0 Å². The molecule has 1 aromatic heterocycles. The highest BCUT2D eigenvalue weighted by Gasteiger charge is 2.35. The number of aromatic nitrogens is 1. The van der Waals surface area contributed by atoms with Gasteiger partial charge in [-0.25, -0.2) is 13.6 Å². The van der Waals surface area contributed by atoms with Crippen LogP contribution in [0.15, 0.2) is 22.8 Å². The molecule has 0 bridgehead atoms. The SMILES string of the molecule is CN(C(=O)OC(C)(C)C)c1cc(F)c(F)c2c1Cc1c-2cc(Br)c[n+]1[O-]. The van der Waals surface area contributed by atoms with E-state index in [1.165, 1.54) is 13.2 Å². The highest BCUT2D eigenvalue weighted by Crippen LogP contribution is 2.43. The molecule has 1 aromatic carbocycles. The van der Waals surface area contributed by atoms with Crippen LogP contribution in [0.1, 0.15) is 32.0 Å². The van der Waals surface area contributed by atoms with Crippen molar-refractivity contribution in [2.75, 3.05) is 11.9 Å². The number of nitrogens with zero attached hydrogens (tertiary/aromatic N) is 2. The molecule has 0 radical (unpaired) electrons. The fraction of sp³-hybridized carbons (Fsp3) is 0.333. The van der Waals surface area contributed by atoms with Gasteiger partial charge in [-0.1, -0.05) is 0 Å². The van der Waals surface area contributed by atoms with E-state index in [0.29, 0.717) is 26.0 Å². The van der Waals surface area contributed by atoms with E-state index < -0.39 is 23.3 Å². The van der Waals surface area contributed by atoms with Gasteiger partial charge in [-0.05, 0) is 48.3 Å². The maximum atomic E-state index is 14.5. The lowest BCUT2D eigenvalue weighted by Gasteiger charge is -2.26. The van der Waals surface area contributed by atoms with E-state index in [0.717, 1.165) is 11.0 Å². The Morgan fingerprint density at radius 1 is 1.35 bits per heavy atom. The number of halogens is 3. The smallest absolute Gasteiger partial charge is 0.414 e. The summed E-state index contributed by atoms with van der Waals surface area (Å²) in [6, 6.07) is 2.52. The van der Waals surface area contributed by atoms with Gasteiger partial charge >= 0.3 is 6.09 Å². The molecule has 0 aliphatic heterocycles. The fourth-order valence-corrected chi connectivity index (χ4v) is 3.38. The molecule has 0 N–H and O–H groups in total. The van der Waals surface area contributed by atoms with E-state index in [9.17, 15) is 18.8 Å². The highest BCUT2D eigenvalue weighted by molar-refractivity contribution is 9.10. The quantitative estimate of drug-likeness (QED) is 0.430. The van der Waals surface area contributed by atoms with Gasteiger partial charge in [0.15, 0.2) is 17.8 Å². The van der Waals surface area contributed by atoms with E-state index in [2.05, 4.69) is 15.9 Å². The van der Waals surface area contributed by atoms with Crippen LogP contribution in [0.3, 0.4) is 0 Å². The average Bonchev–Trinajstić information content (AvgIpc) is 2.88. The van der Waals surface area contributed by atoms with Crippen LogP contribution in [0.4, 0.5) is 19.3 Å². The molecule has 1 aliphatic rings. The molecule has 0 unspecified atom stereocenters. The van der Waals surface area contributed by atoms with Crippen molar-refractivity contribution in [1.82, 2.24) is 0 Å². The van der Waals surface area contributed by atoms with Gasteiger partial charge in [0.05, 0.1) is 22.1 Å². The second kappa shape index (κ2) is 6.19. The molecule has 0 saturated heterocycles. The van der Waals surface area contributed by atoms with Crippen LogP contribution in [0.5, 0.6) is 0 Å². The van der Waals surface area contributed by atoms with Crippen molar-refractivity contribution in [3.63, 3.8) is 0 Å². The molecule has 0 spiro atoms. The summed E-state index contributed by atoms with van der Waals surface area (Å²) in [5, 5.41) is 12.2. The van der Waals surface area contributed by atoms with Crippen LogP contribution in [0.25, 0.3) is 11.1 Å². The van der Waals surface area contributed by atoms with E-state index in [1.807, 2.05) is 0 Å². The molecule has 1 heterocycles. The van der Waals surface area contributed by atoms with Crippen molar-refractivity contribution in [3.05, 3.63) is 50.9 Å². The van der Waals surface area contributed by atoms with Gasteiger partial charge in [-0.3, -0.25) is 4.90 Å². The number of fused-ring (bicyclic) bond motifs is 3. The van der Waals surface area contributed by atoms with Crippen LogP contribution in [0, 0.1) is 16.8 Å². The topological polar surface area (TPSA) is 56.5 Å². The lowest BCUT2D eigenvalue weighted by molar-refractivity contribution is -0.613. The van der Waals surface area contributed by atoms with E-state index in [-0.39, 0.29) is 17.7 Å². The zero-order chi connectivity index (χ0) is 19.4. The number of pyridine rings is 1. The molecule has 0 saturated carbocycles. The predicted molar refractivity (Wildman–Crippen MR) is 95.9 cm³/mol. The van der Waals surface area contributed by atoms with Crippen molar-refractivity contribution in [2.24, 2.45) is 0 Å². The van der Waals surface area contributed by atoms with Crippen LogP contribution in [0.2, 0.25) is 0 Å². The Labute approximate surface area is 157 Å². The molecule has 3 rings (SSSR count). The second-order valence-electron chi connectivity index (χ2n) is 7.11. The first kappa shape index (κ1) is 18.6. The minimum Gasteiger partial charge on any atom is -0.618 e. The predicted octanol–water partition coefficient (Wildman–Crippen LogP) is 4.30. The van der Waals surface area contributed by atoms with Gasteiger partial charge < -0.3 is 9.94 Å². The monoisotopic (exact) mass is 426 g/mol. The molecule has 1 amide bonds. The molecule has 5 nitrogen and oxygen atoms in total. The summed E-state index contributed by atoms with van der Waals surface area (Å²) in [6.07, 6.45) is 0.690. The lowest BCUT2D eigenvalue weighted by Crippen LogP contribution is -2.35. The first-order valence-corrected chi connectivity index (χ1v) is 8.68. The van der Waals surface area contributed by atoms with Crippen molar-refractivity contribution >= 4 is 27.7 Å². The molecule has 138 valence electrons. The van der Waals surface area contributed by atoms with E-state index >= 15 is 0 Å². The highest BCUT2D eigenvalue weighted by atomic mass is 79.9. The molecule has 0 atom stereocenters. The summed E-state index contributed by atoms with van der Waals surface area (Å²) < 4.78 is 35.1. The first-order chi connectivity index (χ1) is 12.0. The molecule has 26 heavy (non-hydrogen) atoms. The Morgan fingerprint density at radius 3 is 2.62 bits per heavy atom. The Morgan fingerprint density at radius 2 is 2.00 bits per heavy atom. The molecular weight excluding hydrogens is 410 g/mol. The third kappa shape index (κ3) is 3.13. The Balaban J connectivity index is 2.15. The zero-order valence-electron chi connectivity index (χ0n) is 14.7. The Kier molecular flexibility index (Phi) is 4.42. The van der Waals surface area contributed by atoms with E-state index in [1.54, 1.807) is 26.8 Å². The van der Waals surface area contributed by atoms with Crippen molar-refractivity contribution < 1.29 is 23.0 Å². The summed E-state index contributed by atoms with van der Waals surface area (Å²) in [4.78, 5) is 13.5. The molecule has 0 fully saturated rings. The fourth-order valence-electron chi connectivity index (χ4n) is 2.96. The van der Waals surface area contributed by atoms with Crippen LogP contribution in [-0.2, 0) is 11.2 Å². The number of benzene rings is 1. The lowest BCUT2D eigenvalue weighted by atomic mass is 10.0. The maximum Gasteiger partial charge on any atom is 0.414 e. The van der Waals surface area contributed by atoms with Crippen LogP contribution < -0.4 is 9.63 Å². The maximum absolute atomic E-state index is 14.5. The number of anilines is 1. The van der Waals surface area contributed by atoms with Gasteiger partial charge in [0.25, 0.3) is 0 Å². The number of rotatable bonds is 1. The Hall–Kier alpha value is -2.22. The van der Waals surface area contributed by atoms with Crippen LogP contribution in [-0.4, -0.2) is 18.7 Å². The molecule has 2 aromatic rings. The number of carbonyl (C=O) groups is 1. The minimum atomic E-state index is -1.10. The van der Waals surface area contributed by atoms with Gasteiger partial charge in [0.1, 0.15) is 5.60 Å². The van der Waals surface area contributed by atoms with Gasteiger partial charge in [-0.15, -0.1) is 0 Å². The summed E-state index contributed by atoms with van der Waals surface area (Å²) in [5.74, 6) is -2.14. The summed E-state index contributed by atoms with van der Waals surface area (Å²) in [5.41, 5.74) is 0.400. The summed E-state index contributed by atoms with van der Waals surface area (Å²) >= 11 is 3.19. The summed E-state index contributed by atoms with van der Waals surface area (Å²) in [7, 11) is 1.42. The number of hydrogen-bond donors (Lipinski definition) is 0. The van der Waals surface area contributed by atoms with Crippen molar-refractivity contribution in [3.8, 4) is 11.1 Å². The number of carbonyl (C=O) groups excluding carboxylic acids is 1. The normalized spacial score (nSPS) is 12.6. The number of ether oxygens (including phenoxy) is 1.